The first kappa shape index (κ1) is 29.3. The van der Waals surface area contributed by atoms with Crippen molar-refractivity contribution in [3.63, 3.8) is 0 Å². The van der Waals surface area contributed by atoms with Gasteiger partial charge >= 0.3 is 0 Å². The lowest BCUT2D eigenvalue weighted by atomic mass is 9.82. The second-order valence-corrected chi connectivity index (χ2v) is 9.58. The Hall–Kier alpha value is -2.71. The van der Waals surface area contributed by atoms with E-state index >= 15 is 0 Å². The molecule has 8 heteroatoms. The number of hydrogen-bond acceptors (Lipinski definition) is 5. The minimum atomic E-state index is -0.812. The van der Waals surface area contributed by atoms with Crippen LogP contribution < -0.4 is 16.6 Å². The number of carbonyl (C=O) groups excluding carboxylic acids is 3. The summed E-state index contributed by atoms with van der Waals surface area (Å²) in [5.74, 6) is -2.77. The molecule has 0 spiro atoms. The van der Waals surface area contributed by atoms with Gasteiger partial charge in [-0.05, 0) is 36.7 Å². The van der Waals surface area contributed by atoms with Crippen molar-refractivity contribution in [3.8, 4) is 0 Å². The van der Waals surface area contributed by atoms with Crippen molar-refractivity contribution in [2.45, 2.75) is 66.3 Å². The van der Waals surface area contributed by atoms with E-state index in [0.717, 1.165) is 12.0 Å². The van der Waals surface area contributed by atoms with Crippen LogP contribution >= 0.6 is 0 Å². The van der Waals surface area contributed by atoms with Gasteiger partial charge in [0.15, 0.2) is 0 Å². The van der Waals surface area contributed by atoms with E-state index in [1.54, 1.807) is 5.48 Å². The van der Waals surface area contributed by atoms with Crippen molar-refractivity contribution in [2.75, 3.05) is 6.54 Å². The minimum absolute atomic E-state index is 0.104. The lowest BCUT2D eigenvalue weighted by molar-refractivity contribution is -0.148. The molecule has 8 nitrogen and oxygen atoms in total. The van der Waals surface area contributed by atoms with Gasteiger partial charge in [0, 0.05) is 6.54 Å². The molecule has 190 valence electrons. The molecule has 0 bridgehead atoms. The van der Waals surface area contributed by atoms with Gasteiger partial charge in [-0.1, -0.05) is 83.5 Å². The van der Waals surface area contributed by atoms with E-state index in [-0.39, 0.29) is 24.2 Å². The van der Waals surface area contributed by atoms with Crippen molar-refractivity contribution in [1.29, 1.82) is 0 Å². The maximum Gasteiger partial charge on any atom is 0.257 e. The number of benzene rings is 1. The third-order valence-electron chi connectivity index (χ3n) is 5.47. The predicted molar refractivity (Wildman–Crippen MR) is 134 cm³/mol. The Labute approximate surface area is 203 Å². The van der Waals surface area contributed by atoms with Crippen LogP contribution in [0.4, 0.5) is 0 Å². The first-order valence-electron chi connectivity index (χ1n) is 12.1. The van der Waals surface area contributed by atoms with Crippen molar-refractivity contribution >= 4 is 23.8 Å². The van der Waals surface area contributed by atoms with E-state index in [1.165, 1.54) is 5.01 Å². The zero-order valence-electron chi connectivity index (χ0n) is 21.2. The number of nitrogens with zero attached hydrogens (tertiary/aromatic N) is 1. The van der Waals surface area contributed by atoms with Crippen LogP contribution in [0.5, 0.6) is 0 Å². The number of hydrogen-bond donors (Lipinski definition) is 4. The van der Waals surface area contributed by atoms with Gasteiger partial charge in [0.2, 0.25) is 11.8 Å². The molecule has 1 aromatic carbocycles. The molecular formula is C26H42N4O4. The van der Waals surface area contributed by atoms with Gasteiger partial charge in [-0.25, -0.2) is 5.48 Å². The predicted octanol–water partition coefficient (Wildman–Crippen LogP) is 3.52. The summed E-state index contributed by atoms with van der Waals surface area (Å²) in [7, 11) is 0. The van der Waals surface area contributed by atoms with Crippen LogP contribution in [0.15, 0.2) is 36.4 Å². The summed E-state index contributed by atoms with van der Waals surface area (Å²) in [6.07, 6.45) is 5.62. The molecule has 0 aliphatic rings. The van der Waals surface area contributed by atoms with Gasteiger partial charge < -0.3 is 5.73 Å². The molecule has 0 saturated heterocycles. The standard InChI is InChI=1S/C26H42N4O4/c1-6-11-23(27)26(33)30(17-19(4)5)28-24(31)22(16-18(2)3)21(25(32)29-34)15-10-14-20-12-8-7-9-13-20/h7-10,12-14,18-19,21-23,34H,6,11,15-17,27H2,1-5H3,(H,28,31)(H,29,32)/t21-,22+,23+/m0/s1. The average molecular weight is 475 g/mol. The van der Waals surface area contributed by atoms with Gasteiger partial charge in [-0.2, -0.15) is 0 Å². The number of allylic oxidation sites excluding steroid dienone is 1. The number of nitrogens with two attached hydrogens (primary N) is 1. The van der Waals surface area contributed by atoms with Gasteiger partial charge in [0.05, 0.1) is 17.9 Å². The molecule has 0 aliphatic heterocycles. The van der Waals surface area contributed by atoms with Crippen LogP contribution in [0.25, 0.3) is 6.08 Å². The molecule has 1 rings (SSSR count). The molecule has 5 N–H and O–H groups in total. The molecule has 0 aliphatic carbocycles. The fourth-order valence-corrected chi connectivity index (χ4v) is 3.82. The zero-order chi connectivity index (χ0) is 25.7. The van der Waals surface area contributed by atoms with Crippen molar-refractivity contribution in [1.82, 2.24) is 15.9 Å². The Balaban J connectivity index is 3.15. The van der Waals surface area contributed by atoms with Crippen LogP contribution in [0.3, 0.4) is 0 Å². The van der Waals surface area contributed by atoms with Crippen LogP contribution in [0.2, 0.25) is 0 Å². The molecule has 1 aromatic rings. The first-order chi connectivity index (χ1) is 16.1. The lowest BCUT2D eigenvalue weighted by Gasteiger charge is -2.31. The Morgan fingerprint density at radius 1 is 1.03 bits per heavy atom. The van der Waals surface area contributed by atoms with Gasteiger partial charge in [-0.3, -0.25) is 30.0 Å². The maximum absolute atomic E-state index is 13.4. The Kier molecular flexibility index (Phi) is 13.1. The highest BCUT2D eigenvalue weighted by Gasteiger charge is 2.35. The third kappa shape index (κ3) is 10.1. The van der Waals surface area contributed by atoms with Crippen molar-refractivity contribution in [3.05, 3.63) is 42.0 Å². The van der Waals surface area contributed by atoms with E-state index in [1.807, 2.05) is 77.1 Å². The van der Waals surface area contributed by atoms with E-state index in [4.69, 9.17) is 5.73 Å². The third-order valence-corrected chi connectivity index (χ3v) is 5.47. The molecular weight excluding hydrogens is 432 g/mol. The second kappa shape index (κ2) is 15.2. The smallest absolute Gasteiger partial charge is 0.257 e. The van der Waals surface area contributed by atoms with Gasteiger partial charge in [0.25, 0.3) is 5.91 Å². The first-order valence-corrected chi connectivity index (χ1v) is 12.1. The van der Waals surface area contributed by atoms with E-state index in [2.05, 4.69) is 5.43 Å². The fourth-order valence-electron chi connectivity index (χ4n) is 3.82. The number of hydrazine groups is 1. The topological polar surface area (TPSA) is 125 Å². The van der Waals surface area contributed by atoms with E-state index in [0.29, 0.717) is 19.4 Å². The lowest BCUT2D eigenvalue weighted by Crippen LogP contribution is -2.56. The minimum Gasteiger partial charge on any atom is -0.320 e. The molecule has 0 aromatic heterocycles. The summed E-state index contributed by atoms with van der Waals surface area (Å²) in [5.41, 5.74) is 11.5. The second-order valence-electron chi connectivity index (χ2n) is 9.58. The van der Waals surface area contributed by atoms with E-state index in [9.17, 15) is 19.6 Å². The van der Waals surface area contributed by atoms with E-state index < -0.39 is 29.7 Å². The normalized spacial score (nSPS) is 14.1. The van der Waals surface area contributed by atoms with Crippen LogP contribution in [0.1, 0.15) is 65.9 Å². The molecule has 0 saturated carbocycles. The molecule has 3 amide bonds. The zero-order valence-corrected chi connectivity index (χ0v) is 21.2. The Bertz CT molecular complexity index is 795. The van der Waals surface area contributed by atoms with Crippen molar-refractivity contribution in [2.24, 2.45) is 29.4 Å². The van der Waals surface area contributed by atoms with Gasteiger partial charge in [0.1, 0.15) is 0 Å². The highest BCUT2D eigenvalue weighted by molar-refractivity contribution is 5.89. The number of nitrogens with one attached hydrogen (secondary N) is 2. The summed E-state index contributed by atoms with van der Waals surface area (Å²) in [5, 5.41) is 10.7. The summed E-state index contributed by atoms with van der Waals surface area (Å²) in [4.78, 5) is 38.9. The number of amides is 3. The monoisotopic (exact) mass is 474 g/mol. The highest BCUT2D eigenvalue weighted by Crippen LogP contribution is 2.26. The largest absolute Gasteiger partial charge is 0.320 e. The number of carbonyl (C=O) groups is 3. The molecule has 34 heavy (non-hydrogen) atoms. The highest BCUT2D eigenvalue weighted by atomic mass is 16.5. The summed E-state index contributed by atoms with van der Waals surface area (Å²) < 4.78 is 0. The van der Waals surface area contributed by atoms with Crippen LogP contribution in [0, 0.1) is 23.7 Å². The summed E-state index contributed by atoms with van der Waals surface area (Å²) in [6, 6.07) is 8.90. The maximum atomic E-state index is 13.4. The molecule has 0 unspecified atom stereocenters. The molecule has 0 fully saturated rings. The summed E-state index contributed by atoms with van der Waals surface area (Å²) in [6.45, 7) is 10.1. The fraction of sp³-hybridized carbons (Fsp3) is 0.577. The molecule has 3 atom stereocenters. The van der Waals surface area contributed by atoms with Gasteiger partial charge in [-0.15, -0.1) is 0 Å². The Morgan fingerprint density at radius 3 is 2.21 bits per heavy atom. The molecule has 0 radical (unpaired) electrons. The summed E-state index contributed by atoms with van der Waals surface area (Å²) >= 11 is 0. The SMILES string of the molecule is CCC[C@@H](N)C(=O)N(CC(C)C)NC(=O)[C@H](CC(C)C)[C@H](CC=Cc1ccccc1)C(=O)NO. The van der Waals surface area contributed by atoms with Crippen LogP contribution in [-0.2, 0) is 14.4 Å². The quantitative estimate of drug-likeness (QED) is 0.257. The Morgan fingerprint density at radius 2 is 1.68 bits per heavy atom. The van der Waals surface area contributed by atoms with Crippen molar-refractivity contribution < 1.29 is 19.6 Å². The number of rotatable bonds is 13. The molecule has 0 heterocycles. The average Bonchev–Trinajstić information content (AvgIpc) is 2.79. The van der Waals surface area contributed by atoms with Crippen LogP contribution in [-0.4, -0.2) is 40.5 Å². The number of hydroxylamine groups is 1.